The Morgan fingerprint density at radius 1 is 0.906 bits per heavy atom. The number of benzene rings is 3. The van der Waals surface area contributed by atoms with Gasteiger partial charge >= 0.3 is 5.97 Å². The molecule has 1 amide bonds. The van der Waals surface area contributed by atoms with E-state index in [4.69, 9.17) is 10.00 Å². The van der Waals surface area contributed by atoms with Crippen LogP contribution < -0.4 is 5.32 Å². The fourth-order valence-electron chi connectivity index (χ4n) is 3.48. The number of carbonyl (C=O) groups excluding carboxylic acids is 4. The van der Waals surface area contributed by atoms with Crippen LogP contribution in [0.1, 0.15) is 54.7 Å². The highest BCUT2D eigenvalue weighted by molar-refractivity contribution is 6.30. The molecule has 0 radical (unpaired) electrons. The molecule has 4 rings (SSSR count). The van der Waals surface area contributed by atoms with Crippen LogP contribution in [0.3, 0.4) is 0 Å². The van der Waals surface area contributed by atoms with Crippen molar-refractivity contribution in [1.29, 1.82) is 5.26 Å². The number of nitrogens with one attached hydrogen (secondary N) is 1. The molecule has 1 aliphatic rings. The van der Waals surface area contributed by atoms with E-state index in [1.54, 1.807) is 36.4 Å². The SMILES string of the molecule is CC(OC(=O)c1cccc(C#N)c1)C(=O)Nc1cccc2c1C(=O)c1ccccc1C2=O. The molecule has 3 aromatic carbocycles. The van der Waals surface area contributed by atoms with Gasteiger partial charge in [0.25, 0.3) is 5.91 Å². The Bertz CT molecular complexity index is 1340. The molecule has 0 heterocycles. The van der Waals surface area contributed by atoms with Crippen molar-refractivity contribution in [3.63, 3.8) is 0 Å². The summed E-state index contributed by atoms with van der Waals surface area (Å²) in [4.78, 5) is 50.9. The number of anilines is 1. The van der Waals surface area contributed by atoms with Crippen molar-refractivity contribution in [2.75, 3.05) is 5.32 Å². The van der Waals surface area contributed by atoms with Gasteiger partial charge in [0.2, 0.25) is 0 Å². The minimum atomic E-state index is -1.19. The van der Waals surface area contributed by atoms with Crippen LogP contribution in [-0.2, 0) is 9.53 Å². The van der Waals surface area contributed by atoms with Crippen LogP contribution in [0.2, 0.25) is 0 Å². The van der Waals surface area contributed by atoms with E-state index in [1.165, 1.54) is 37.3 Å². The van der Waals surface area contributed by atoms with E-state index in [9.17, 15) is 19.2 Å². The number of hydrogen-bond acceptors (Lipinski definition) is 6. The number of hydrogen-bond donors (Lipinski definition) is 1. The lowest BCUT2D eigenvalue weighted by molar-refractivity contribution is -0.123. The Morgan fingerprint density at radius 3 is 2.28 bits per heavy atom. The Labute approximate surface area is 183 Å². The van der Waals surface area contributed by atoms with Crippen molar-refractivity contribution in [1.82, 2.24) is 0 Å². The maximum absolute atomic E-state index is 13.0. The van der Waals surface area contributed by atoms with Crippen LogP contribution in [0.4, 0.5) is 5.69 Å². The highest BCUT2D eigenvalue weighted by Crippen LogP contribution is 2.32. The van der Waals surface area contributed by atoms with E-state index >= 15 is 0 Å². The van der Waals surface area contributed by atoms with Crippen molar-refractivity contribution in [2.24, 2.45) is 0 Å². The number of rotatable bonds is 4. The van der Waals surface area contributed by atoms with Crippen LogP contribution in [0.25, 0.3) is 0 Å². The molecule has 3 aromatic rings. The van der Waals surface area contributed by atoms with Crippen molar-refractivity contribution >= 4 is 29.1 Å². The lowest BCUT2D eigenvalue weighted by atomic mass is 9.83. The maximum atomic E-state index is 13.0. The zero-order chi connectivity index (χ0) is 22.8. The minimum absolute atomic E-state index is 0.102. The Morgan fingerprint density at radius 2 is 1.56 bits per heavy atom. The Balaban J connectivity index is 1.55. The lowest BCUT2D eigenvalue weighted by Gasteiger charge is -2.21. The van der Waals surface area contributed by atoms with Gasteiger partial charge in [-0.25, -0.2) is 4.79 Å². The average Bonchev–Trinajstić information content (AvgIpc) is 2.82. The number of ether oxygens (including phenoxy) is 1. The first-order chi connectivity index (χ1) is 15.4. The van der Waals surface area contributed by atoms with Crippen molar-refractivity contribution in [2.45, 2.75) is 13.0 Å². The monoisotopic (exact) mass is 424 g/mol. The van der Waals surface area contributed by atoms with E-state index < -0.39 is 18.0 Å². The second-order valence-corrected chi connectivity index (χ2v) is 7.16. The summed E-state index contributed by atoms with van der Waals surface area (Å²) in [6.45, 7) is 1.39. The summed E-state index contributed by atoms with van der Waals surface area (Å²) < 4.78 is 5.21. The topological polar surface area (TPSA) is 113 Å². The summed E-state index contributed by atoms with van der Waals surface area (Å²) in [7, 11) is 0. The van der Waals surface area contributed by atoms with E-state index in [1.807, 2.05) is 6.07 Å². The zero-order valence-corrected chi connectivity index (χ0v) is 16.9. The van der Waals surface area contributed by atoms with Crippen LogP contribution in [0, 0.1) is 11.3 Å². The predicted molar refractivity (Wildman–Crippen MR) is 114 cm³/mol. The van der Waals surface area contributed by atoms with Gasteiger partial charge < -0.3 is 10.1 Å². The van der Waals surface area contributed by atoms with Gasteiger partial charge in [-0.15, -0.1) is 0 Å². The lowest BCUT2D eigenvalue weighted by Crippen LogP contribution is -2.31. The molecule has 32 heavy (non-hydrogen) atoms. The Hall–Kier alpha value is -4.57. The minimum Gasteiger partial charge on any atom is -0.449 e. The van der Waals surface area contributed by atoms with Crippen LogP contribution in [0.5, 0.6) is 0 Å². The number of amides is 1. The number of nitrogens with zero attached hydrogens (tertiary/aromatic N) is 1. The maximum Gasteiger partial charge on any atom is 0.338 e. The molecule has 0 bridgehead atoms. The molecule has 0 saturated carbocycles. The molecule has 1 atom stereocenters. The van der Waals surface area contributed by atoms with Gasteiger partial charge in [-0.3, -0.25) is 14.4 Å². The number of carbonyl (C=O) groups is 4. The van der Waals surface area contributed by atoms with Gasteiger partial charge in [-0.2, -0.15) is 5.26 Å². The summed E-state index contributed by atoms with van der Waals surface area (Å²) in [5.41, 5.74) is 1.47. The van der Waals surface area contributed by atoms with E-state index in [2.05, 4.69) is 5.32 Å². The van der Waals surface area contributed by atoms with Crippen molar-refractivity contribution in [3.05, 3.63) is 100 Å². The molecule has 0 fully saturated rings. The third kappa shape index (κ3) is 3.66. The molecule has 0 aliphatic heterocycles. The largest absolute Gasteiger partial charge is 0.449 e. The van der Waals surface area contributed by atoms with E-state index in [-0.39, 0.29) is 45.1 Å². The third-order valence-electron chi connectivity index (χ3n) is 5.09. The average molecular weight is 424 g/mol. The number of ketones is 2. The molecule has 7 heteroatoms. The van der Waals surface area contributed by atoms with Gasteiger partial charge in [0.1, 0.15) is 0 Å². The summed E-state index contributed by atoms with van der Waals surface area (Å²) in [5, 5.41) is 11.5. The Kier molecular flexibility index (Phi) is 5.36. The molecular weight excluding hydrogens is 408 g/mol. The first-order valence-electron chi connectivity index (χ1n) is 9.74. The summed E-state index contributed by atoms with van der Waals surface area (Å²) in [5.74, 6) is -2.10. The summed E-state index contributed by atoms with van der Waals surface area (Å²) in [6.07, 6.45) is -1.19. The highest BCUT2D eigenvalue weighted by atomic mass is 16.5. The first kappa shape index (κ1) is 20.7. The fourth-order valence-corrected chi connectivity index (χ4v) is 3.48. The van der Waals surface area contributed by atoms with Gasteiger partial charge in [0, 0.05) is 16.7 Å². The van der Waals surface area contributed by atoms with E-state index in [0.717, 1.165) is 0 Å². The summed E-state index contributed by atoms with van der Waals surface area (Å²) >= 11 is 0. The molecule has 1 unspecified atom stereocenters. The van der Waals surface area contributed by atoms with Crippen molar-refractivity contribution < 1.29 is 23.9 Å². The van der Waals surface area contributed by atoms with E-state index in [0.29, 0.717) is 5.56 Å². The smallest absolute Gasteiger partial charge is 0.338 e. The quantitative estimate of drug-likeness (QED) is 0.502. The molecule has 1 N–H and O–H groups in total. The molecule has 0 saturated heterocycles. The van der Waals surface area contributed by atoms with Gasteiger partial charge in [-0.1, -0.05) is 42.5 Å². The van der Waals surface area contributed by atoms with Crippen molar-refractivity contribution in [3.8, 4) is 6.07 Å². The molecule has 0 spiro atoms. The second kappa shape index (κ2) is 8.28. The van der Waals surface area contributed by atoms with Crippen LogP contribution in [-0.4, -0.2) is 29.5 Å². The molecule has 7 nitrogen and oxygen atoms in total. The fraction of sp³-hybridized carbons (Fsp3) is 0.0800. The number of fused-ring (bicyclic) bond motifs is 2. The molecule has 156 valence electrons. The van der Waals surface area contributed by atoms with Gasteiger partial charge in [0.15, 0.2) is 17.7 Å². The molecular formula is C25H16N2O5. The normalized spacial score (nSPS) is 12.8. The number of nitriles is 1. The van der Waals surface area contributed by atoms with Gasteiger partial charge in [0.05, 0.1) is 28.4 Å². The third-order valence-corrected chi connectivity index (χ3v) is 5.09. The standard InChI is InChI=1S/C25H16N2O5/c1-14(32-25(31)16-7-4-6-15(12-16)13-26)24(30)27-20-11-5-10-19-21(20)23(29)18-9-3-2-8-17(18)22(19)28/h2-12,14H,1H3,(H,27,30). The second-order valence-electron chi connectivity index (χ2n) is 7.16. The highest BCUT2D eigenvalue weighted by Gasteiger charge is 2.32. The molecule has 0 aromatic heterocycles. The number of esters is 1. The van der Waals surface area contributed by atoms with Crippen LogP contribution in [0.15, 0.2) is 66.7 Å². The molecule has 1 aliphatic carbocycles. The van der Waals surface area contributed by atoms with Crippen LogP contribution >= 0.6 is 0 Å². The summed E-state index contributed by atoms with van der Waals surface area (Å²) in [6, 6.07) is 19.0. The zero-order valence-electron chi connectivity index (χ0n) is 16.9. The van der Waals surface area contributed by atoms with Gasteiger partial charge in [-0.05, 0) is 31.2 Å². The first-order valence-corrected chi connectivity index (χ1v) is 9.74. The predicted octanol–water partition coefficient (Wildman–Crippen LogP) is 3.52.